The lowest BCUT2D eigenvalue weighted by Crippen LogP contribution is -2.41. The van der Waals surface area contributed by atoms with E-state index >= 15 is 0 Å². The van der Waals surface area contributed by atoms with Gasteiger partial charge in [-0.3, -0.25) is 19.3 Å². The maximum atomic E-state index is 12.3. The number of hydrogen-bond acceptors (Lipinski definition) is 4. The fraction of sp³-hybridized carbons (Fsp3) is 0.348. The molecule has 2 aromatic carbocycles. The molecule has 2 rings (SSSR count). The molecule has 7 heteroatoms. The average Bonchev–Trinajstić information content (AvgIpc) is 2.70. The molecule has 0 unspecified atom stereocenters. The van der Waals surface area contributed by atoms with Gasteiger partial charge >= 0.3 is 0 Å². The highest BCUT2D eigenvalue weighted by Gasteiger charge is 2.13. The lowest BCUT2D eigenvalue weighted by Gasteiger charge is -2.19. The van der Waals surface area contributed by atoms with Crippen LogP contribution in [0.1, 0.15) is 25.0 Å². The van der Waals surface area contributed by atoms with Crippen LogP contribution in [-0.2, 0) is 20.8 Å². The second kappa shape index (κ2) is 11.7. The Morgan fingerprint density at radius 1 is 0.867 bits per heavy atom. The van der Waals surface area contributed by atoms with Crippen molar-refractivity contribution in [1.29, 1.82) is 0 Å². The van der Waals surface area contributed by atoms with Crippen LogP contribution >= 0.6 is 0 Å². The Hall–Kier alpha value is -3.19. The van der Waals surface area contributed by atoms with Gasteiger partial charge in [-0.15, -0.1) is 0 Å². The summed E-state index contributed by atoms with van der Waals surface area (Å²) in [7, 11) is 0. The number of likely N-dealkylation sites (N-methyl/N-ethyl adjacent to an activating group) is 1. The van der Waals surface area contributed by atoms with Crippen molar-refractivity contribution < 1.29 is 14.4 Å². The summed E-state index contributed by atoms with van der Waals surface area (Å²) in [6, 6.07) is 15.0. The Morgan fingerprint density at radius 2 is 1.47 bits per heavy atom. The summed E-state index contributed by atoms with van der Waals surface area (Å²) in [5, 5.41) is 8.40. The van der Waals surface area contributed by atoms with Gasteiger partial charge in [0.1, 0.15) is 0 Å². The molecule has 2 aromatic rings. The molecule has 0 aliphatic rings. The molecule has 0 aliphatic heterocycles. The number of amides is 3. The van der Waals surface area contributed by atoms with E-state index in [0.717, 1.165) is 6.42 Å². The van der Waals surface area contributed by atoms with Crippen LogP contribution in [0.25, 0.3) is 0 Å². The van der Waals surface area contributed by atoms with Crippen molar-refractivity contribution in [3.8, 4) is 0 Å². The van der Waals surface area contributed by atoms with Crippen molar-refractivity contribution in [2.45, 2.75) is 27.2 Å². The molecule has 7 nitrogen and oxygen atoms in total. The van der Waals surface area contributed by atoms with Crippen LogP contribution in [0.3, 0.4) is 0 Å². The fourth-order valence-electron chi connectivity index (χ4n) is 3.01. The summed E-state index contributed by atoms with van der Waals surface area (Å²) in [4.78, 5) is 37.4. The summed E-state index contributed by atoms with van der Waals surface area (Å²) in [5.74, 6) is -0.447. The molecule has 0 aromatic heterocycles. The van der Waals surface area contributed by atoms with Gasteiger partial charge in [0.2, 0.25) is 17.7 Å². The van der Waals surface area contributed by atoms with Crippen molar-refractivity contribution in [1.82, 2.24) is 10.2 Å². The van der Waals surface area contributed by atoms with Crippen LogP contribution in [0.4, 0.5) is 11.4 Å². The lowest BCUT2D eigenvalue weighted by atomic mass is 10.1. The van der Waals surface area contributed by atoms with Gasteiger partial charge in [-0.1, -0.05) is 31.2 Å². The predicted octanol–water partition coefficient (Wildman–Crippen LogP) is 2.57. The molecule has 0 saturated heterocycles. The minimum atomic E-state index is -0.197. The molecular weight excluding hydrogens is 380 g/mol. The van der Waals surface area contributed by atoms with Gasteiger partial charge in [-0.05, 0) is 55.3 Å². The van der Waals surface area contributed by atoms with Crippen LogP contribution < -0.4 is 16.0 Å². The number of nitrogens with one attached hydrogen (secondary N) is 3. The number of carbonyl (C=O) groups excluding carboxylic acids is 3. The number of nitrogens with zero attached hydrogens (tertiary/aromatic N) is 1. The molecule has 0 spiro atoms. The Bertz CT molecular complexity index is 865. The van der Waals surface area contributed by atoms with E-state index in [2.05, 4.69) is 35.0 Å². The van der Waals surface area contributed by atoms with Gasteiger partial charge in [-0.2, -0.15) is 0 Å². The number of aryl methyl sites for hydroxylation is 1. The van der Waals surface area contributed by atoms with Gasteiger partial charge in [0.25, 0.3) is 0 Å². The first-order chi connectivity index (χ1) is 14.4. The smallest absolute Gasteiger partial charge is 0.238 e. The van der Waals surface area contributed by atoms with Crippen LogP contribution in [0, 0.1) is 6.92 Å². The van der Waals surface area contributed by atoms with E-state index < -0.39 is 0 Å². The Kier molecular flexibility index (Phi) is 9.03. The predicted molar refractivity (Wildman–Crippen MR) is 119 cm³/mol. The molecule has 0 bridgehead atoms. The highest BCUT2D eigenvalue weighted by Crippen LogP contribution is 2.13. The molecule has 3 amide bonds. The Balaban J connectivity index is 1.75. The minimum Gasteiger partial charge on any atom is -0.355 e. The lowest BCUT2D eigenvalue weighted by molar-refractivity contribution is -0.123. The number of rotatable bonds is 10. The summed E-state index contributed by atoms with van der Waals surface area (Å²) in [6.07, 6.45) is 0.777. The second-order valence-electron chi connectivity index (χ2n) is 7.14. The highest BCUT2D eigenvalue weighted by molar-refractivity contribution is 5.93. The summed E-state index contributed by atoms with van der Waals surface area (Å²) in [5.41, 5.74) is 3.73. The normalized spacial score (nSPS) is 10.5. The van der Waals surface area contributed by atoms with E-state index in [1.165, 1.54) is 18.1 Å². The first-order valence-electron chi connectivity index (χ1n) is 10.1. The monoisotopic (exact) mass is 410 g/mol. The summed E-state index contributed by atoms with van der Waals surface area (Å²) < 4.78 is 0. The van der Waals surface area contributed by atoms with Gasteiger partial charge in [0, 0.05) is 24.8 Å². The van der Waals surface area contributed by atoms with E-state index in [1.54, 1.807) is 29.2 Å². The van der Waals surface area contributed by atoms with E-state index in [-0.39, 0.29) is 30.8 Å². The molecule has 0 atom stereocenters. The zero-order valence-electron chi connectivity index (χ0n) is 17.8. The van der Waals surface area contributed by atoms with Crippen LogP contribution in [-0.4, -0.2) is 48.8 Å². The molecule has 0 fully saturated rings. The van der Waals surface area contributed by atoms with Crippen molar-refractivity contribution in [3.63, 3.8) is 0 Å². The van der Waals surface area contributed by atoms with Gasteiger partial charge in [0.15, 0.2) is 0 Å². The number of anilines is 2. The summed E-state index contributed by atoms with van der Waals surface area (Å²) in [6.45, 7) is 6.84. The number of benzene rings is 2. The van der Waals surface area contributed by atoms with Crippen LogP contribution in [0.15, 0.2) is 48.5 Å². The number of hydrogen-bond donors (Lipinski definition) is 3. The Morgan fingerprint density at radius 3 is 2.07 bits per heavy atom. The van der Waals surface area contributed by atoms with Gasteiger partial charge < -0.3 is 16.0 Å². The quantitative estimate of drug-likeness (QED) is 0.562. The minimum absolute atomic E-state index is 0.0992. The van der Waals surface area contributed by atoms with Gasteiger partial charge in [0.05, 0.1) is 13.1 Å². The van der Waals surface area contributed by atoms with E-state index in [0.29, 0.717) is 24.5 Å². The van der Waals surface area contributed by atoms with E-state index in [1.807, 2.05) is 19.1 Å². The highest BCUT2D eigenvalue weighted by atomic mass is 16.2. The molecule has 30 heavy (non-hydrogen) atoms. The SMILES string of the molecule is CCN(CC(=O)NCCc1ccccc1C)CC(=O)Nc1ccc(NC(C)=O)cc1. The maximum Gasteiger partial charge on any atom is 0.238 e. The van der Waals surface area contributed by atoms with Crippen LogP contribution in [0.2, 0.25) is 0 Å². The standard InChI is InChI=1S/C23H30N4O3/c1-4-27(15-22(29)24-14-13-19-8-6-5-7-17(19)2)16-23(30)26-21-11-9-20(10-12-21)25-18(3)28/h5-12H,4,13-16H2,1-3H3,(H,24,29)(H,25,28)(H,26,30). The Labute approximate surface area is 177 Å². The molecule has 160 valence electrons. The molecule has 3 N–H and O–H groups in total. The molecule has 0 saturated carbocycles. The van der Waals surface area contributed by atoms with Crippen LogP contribution in [0.5, 0.6) is 0 Å². The maximum absolute atomic E-state index is 12.3. The van der Waals surface area contributed by atoms with Crippen molar-refractivity contribution in [2.24, 2.45) is 0 Å². The zero-order chi connectivity index (χ0) is 21.9. The third-order valence-electron chi connectivity index (χ3n) is 4.65. The fourth-order valence-corrected chi connectivity index (χ4v) is 3.01. The topological polar surface area (TPSA) is 90.5 Å². The average molecular weight is 411 g/mol. The zero-order valence-corrected chi connectivity index (χ0v) is 17.8. The third-order valence-corrected chi connectivity index (χ3v) is 4.65. The number of carbonyl (C=O) groups is 3. The largest absolute Gasteiger partial charge is 0.355 e. The van der Waals surface area contributed by atoms with E-state index in [4.69, 9.17) is 0 Å². The van der Waals surface area contributed by atoms with Crippen molar-refractivity contribution in [2.75, 3.05) is 36.8 Å². The first-order valence-corrected chi connectivity index (χ1v) is 10.1. The molecule has 0 radical (unpaired) electrons. The van der Waals surface area contributed by atoms with Crippen molar-refractivity contribution >= 4 is 29.1 Å². The summed E-state index contributed by atoms with van der Waals surface area (Å²) >= 11 is 0. The molecule has 0 heterocycles. The first kappa shape index (κ1) is 23.1. The van der Waals surface area contributed by atoms with Crippen molar-refractivity contribution in [3.05, 3.63) is 59.7 Å². The third kappa shape index (κ3) is 8.05. The van der Waals surface area contributed by atoms with E-state index in [9.17, 15) is 14.4 Å². The molecular formula is C23H30N4O3. The molecule has 0 aliphatic carbocycles. The second-order valence-corrected chi connectivity index (χ2v) is 7.14. The van der Waals surface area contributed by atoms with Gasteiger partial charge in [-0.25, -0.2) is 0 Å².